The second-order valence-corrected chi connectivity index (χ2v) is 13.7. The Balaban J connectivity index is 2.04. The average Bonchev–Trinajstić information content (AvgIpc) is 3.46. The number of carbonyl (C=O) groups excluding carboxylic acids is 2. The van der Waals surface area contributed by atoms with Crippen molar-refractivity contribution in [1.82, 2.24) is 15.2 Å². The van der Waals surface area contributed by atoms with Crippen molar-refractivity contribution in [3.05, 3.63) is 65.6 Å². The van der Waals surface area contributed by atoms with Crippen molar-refractivity contribution in [3.63, 3.8) is 0 Å². The van der Waals surface area contributed by atoms with E-state index >= 15 is 13.2 Å². The number of carbonyl (C=O) groups is 2. The Morgan fingerprint density at radius 1 is 0.922 bits per heavy atom. The molecule has 2 aromatic heterocycles. The lowest BCUT2D eigenvalue weighted by Crippen LogP contribution is -2.45. The van der Waals surface area contributed by atoms with E-state index in [1.54, 1.807) is 30.3 Å². The number of aromatic nitrogens is 3. The molecule has 0 fully saturated rings. The first-order valence-corrected chi connectivity index (χ1v) is 15.8. The van der Waals surface area contributed by atoms with Crippen LogP contribution >= 0.6 is 0 Å². The summed E-state index contributed by atoms with van der Waals surface area (Å²) in [4.78, 5) is 31.2. The zero-order valence-electron chi connectivity index (χ0n) is 28.9. The third-order valence-electron chi connectivity index (χ3n) is 7.05. The highest BCUT2D eigenvalue weighted by Crippen LogP contribution is 2.48. The molecule has 0 unspecified atom stereocenters. The van der Waals surface area contributed by atoms with Crippen LogP contribution < -0.4 is 9.64 Å². The van der Waals surface area contributed by atoms with Crippen LogP contribution in [0, 0.1) is 0 Å². The van der Waals surface area contributed by atoms with E-state index in [0.717, 1.165) is 0 Å². The topological polar surface area (TPSA) is 126 Å². The van der Waals surface area contributed by atoms with Gasteiger partial charge in [0.15, 0.2) is 5.69 Å². The van der Waals surface area contributed by atoms with E-state index in [-0.39, 0.29) is 17.7 Å². The Labute approximate surface area is 289 Å². The molecule has 1 aromatic carbocycles. The third kappa shape index (κ3) is 9.56. The average molecular weight is 729 g/mol. The van der Waals surface area contributed by atoms with Crippen molar-refractivity contribution in [2.45, 2.75) is 110 Å². The SMILES string of the molecule is C[C@@H]1CC/C=C/C[C@](OCc2ccccc2)(C(F)(F)F)c2nnc(o2)-c2nc(c(C(F)(F)F)cc2N(C(=O)OC(C)(C)C)C(=O)OC(C)(C)C)O1. The van der Waals surface area contributed by atoms with Crippen LogP contribution in [0.5, 0.6) is 5.88 Å². The molecule has 2 atom stereocenters. The van der Waals surface area contributed by atoms with Crippen molar-refractivity contribution in [3.8, 4) is 17.5 Å². The van der Waals surface area contributed by atoms with Crippen molar-refractivity contribution in [2.24, 2.45) is 0 Å². The highest BCUT2D eigenvalue weighted by Gasteiger charge is 2.61. The fourth-order valence-electron chi connectivity index (χ4n) is 4.73. The Morgan fingerprint density at radius 2 is 1.53 bits per heavy atom. The van der Waals surface area contributed by atoms with E-state index in [2.05, 4.69) is 15.2 Å². The number of amides is 2. The summed E-state index contributed by atoms with van der Waals surface area (Å²) in [6, 6.07) is 8.34. The van der Waals surface area contributed by atoms with Crippen LogP contribution in [0.4, 0.5) is 41.6 Å². The molecule has 3 heterocycles. The second-order valence-electron chi connectivity index (χ2n) is 13.7. The van der Waals surface area contributed by atoms with E-state index in [0.29, 0.717) is 11.6 Å². The molecule has 51 heavy (non-hydrogen) atoms. The minimum absolute atomic E-state index is 0.0663. The number of nitrogens with zero attached hydrogens (tertiary/aromatic N) is 4. The Morgan fingerprint density at radius 3 is 2.08 bits per heavy atom. The Kier molecular flexibility index (Phi) is 11.1. The van der Waals surface area contributed by atoms with Crippen molar-refractivity contribution in [1.29, 1.82) is 0 Å². The highest BCUT2D eigenvalue weighted by atomic mass is 19.4. The van der Waals surface area contributed by atoms with Gasteiger partial charge < -0.3 is 23.4 Å². The van der Waals surface area contributed by atoms with Gasteiger partial charge >= 0.3 is 24.5 Å². The number of alkyl halides is 6. The lowest BCUT2D eigenvalue weighted by molar-refractivity contribution is -0.295. The smallest absolute Gasteiger partial charge is 0.426 e. The number of hydrogen-bond acceptors (Lipinski definition) is 10. The first-order chi connectivity index (χ1) is 23.5. The van der Waals surface area contributed by atoms with Gasteiger partial charge in [0.2, 0.25) is 11.5 Å². The number of benzene rings is 1. The van der Waals surface area contributed by atoms with Gasteiger partial charge in [0.25, 0.3) is 11.8 Å². The maximum atomic E-state index is 15.2. The second kappa shape index (κ2) is 14.5. The molecule has 1 aliphatic heterocycles. The third-order valence-corrected chi connectivity index (χ3v) is 7.05. The molecule has 0 radical (unpaired) electrons. The van der Waals surface area contributed by atoms with Gasteiger partial charge in [-0.3, -0.25) is 0 Å². The van der Waals surface area contributed by atoms with Crippen LogP contribution in [0.1, 0.15) is 84.7 Å². The predicted octanol–water partition coefficient (Wildman–Crippen LogP) is 9.31. The number of imide groups is 1. The van der Waals surface area contributed by atoms with E-state index in [4.69, 9.17) is 23.4 Å². The zero-order valence-corrected chi connectivity index (χ0v) is 28.9. The van der Waals surface area contributed by atoms with Crippen LogP contribution in [-0.2, 0) is 32.6 Å². The highest BCUT2D eigenvalue weighted by molar-refractivity contribution is 6.11. The van der Waals surface area contributed by atoms with Crippen LogP contribution in [0.2, 0.25) is 0 Å². The lowest BCUT2D eigenvalue weighted by Gasteiger charge is -2.32. The molecule has 17 heteroatoms. The number of ether oxygens (including phenoxy) is 4. The van der Waals surface area contributed by atoms with Gasteiger partial charge in [-0.15, -0.1) is 10.2 Å². The first-order valence-electron chi connectivity index (χ1n) is 15.8. The minimum atomic E-state index is -5.18. The zero-order chi connectivity index (χ0) is 38.0. The summed E-state index contributed by atoms with van der Waals surface area (Å²) in [6.45, 7) is 9.51. The number of hydrogen-bond donors (Lipinski definition) is 0. The minimum Gasteiger partial charge on any atom is -0.474 e. The maximum absolute atomic E-state index is 15.2. The Hall–Kier alpha value is -4.67. The number of pyridine rings is 1. The molecule has 2 amide bonds. The maximum Gasteiger partial charge on any atom is 0.426 e. The quantitative estimate of drug-likeness (QED) is 0.190. The predicted molar refractivity (Wildman–Crippen MR) is 170 cm³/mol. The molecule has 1 aliphatic rings. The summed E-state index contributed by atoms with van der Waals surface area (Å²) >= 11 is 0. The number of halogens is 6. The van der Waals surface area contributed by atoms with Gasteiger partial charge in [-0.05, 0) is 72.9 Å². The molecular formula is C34H38F6N4O7. The molecule has 278 valence electrons. The van der Waals surface area contributed by atoms with Crippen LogP contribution in [0.25, 0.3) is 11.6 Å². The van der Waals surface area contributed by atoms with Gasteiger partial charge in [0, 0.05) is 6.42 Å². The van der Waals surface area contributed by atoms with Gasteiger partial charge in [-0.25, -0.2) is 14.6 Å². The van der Waals surface area contributed by atoms with Crippen LogP contribution in [0.15, 0.2) is 53.0 Å². The molecule has 4 bridgehead atoms. The standard InChI is InChI=1S/C34H38F6N4O7/c1-20-14-10-9-13-17-32(34(38,39)40,47-19-21-15-11-8-12-16-21)27-43-42-26(49-27)24-23(18-22(33(35,36)37)25(41-24)48-20)44(28(45)50-30(2,3)4)29(46)51-31(5,6)7/h8-9,11-13,15-16,18,20H,10,14,17,19H2,1-7H3/b13-9+/t20-,32-/m1/s1. The van der Waals surface area contributed by atoms with Crippen LogP contribution in [-0.4, -0.2) is 50.9 Å². The molecule has 0 saturated carbocycles. The normalized spacial score (nSPS) is 19.4. The molecule has 0 aliphatic carbocycles. The summed E-state index contributed by atoms with van der Waals surface area (Å²) in [7, 11) is 0. The monoisotopic (exact) mass is 728 g/mol. The van der Waals surface area contributed by atoms with E-state index in [1.807, 2.05) is 0 Å². The first kappa shape index (κ1) is 39.1. The van der Waals surface area contributed by atoms with Crippen LogP contribution in [0.3, 0.4) is 0 Å². The molecular weight excluding hydrogens is 690 g/mol. The van der Waals surface area contributed by atoms with Gasteiger partial charge in [-0.2, -0.15) is 31.2 Å². The van der Waals surface area contributed by atoms with E-state index in [9.17, 15) is 22.8 Å². The van der Waals surface area contributed by atoms with Crippen molar-refractivity contribution in [2.75, 3.05) is 4.90 Å². The molecule has 11 nitrogen and oxygen atoms in total. The fourth-order valence-corrected chi connectivity index (χ4v) is 4.73. The summed E-state index contributed by atoms with van der Waals surface area (Å²) < 4.78 is 117. The summed E-state index contributed by atoms with van der Waals surface area (Å²) in [5.41, 5.74) is -8.71. The molecule has 4 rings (SSSR count). The number of allylic oxidation sites excluding steroid dienone is 1. The summed E-state index contributed by atoms with van der Waals surface area (Å²) in [5.74, 6) is -3.04. The largest absolute Gasteiger partial charge is 0.474 e. The number of rotatable bonds is 4. The Bertz CT molecular complexity index is 1700. The summed E-state index contributed by atoms with van der Waals surface area (Å²) in [5, 5.41) is 7.36. The lowest BCUT2D eigenvalue weighted by atomic mass is 9.97. The van der Waals surface area contributed by atoms with E-state index < -0.39 is 95.1 Å². The van der Waals surface area contributed by atoms with Gasteiger partial charge in [-0.1, -0.05) is 42.5 Å². The van der Waals surface area contributed by atoms with Gasteiger partial charge in [0.1, 0.15) is 16.8 Å². The molecule has 3 aromatic rings. The molecule has 0 spiro atoms. The number of fused-ring (bicyclic) bond motifs is 5. The van der Waals surface area contributed by atoms with E-state index in [1.165, 1.54) is 60.6 Å². The van der Waals surface area contributed by atoms with Crippen molar-refractivity contribution >= 4 is 17.9 Å². The van der Waals surface area contributed by atoms with Crippen molar-refractivity contribution < 1.29 is 59.3 Å². The molecule has 0 saturated heterocycles. The number of anilines is 1. The van der Waals surface area contributed by atoms with Gasteiger partial charge in [0.05, 0.1) is 18.4 Å². The fraction of sp³-hybridized carbons (Fsp3) is 0.500. The summed E-state index contributed by atoms with van der Waals surface area (Å²) in [6.07, 6.45) is -12.4. The molecule has 0 N–H and O–H groups in total.